The lowest BCUT2D eigenvalue weighted by Gasteiger charge is -1.97. The largest absolute Gasteiger partial charge is 0.144 e. The van der Waals surface area contributed by atoms with Crippen LogP contribution in [0.15, 0.2) is 46.5 Å². The quantitative estimate of drug-likeness (QED) is 0.369. The lowest BCUT2D eigenvalue weighted by Crippen LogP contribution is -1.73. The Morgan fingerprint density at radius 1 is 0.652 bits per heavy atom. The summed E-state index contributed by atoms with van der Waals surface area (Å²) in [6, 6.07) is 10.8. The third-order valence-electron chi connectivity index (χ3n) is 3.65. The van der Waals surface area contributed by atoms with Crippen molar-refractivity contribution >= 4 is 34.0 Å². The Labute approximate surface area is 152 Å². The Morgan fingerprint density at radius 2 is 1.26 bits per heavy atom. The average molecular weight is 363 g/mol. The molecule has 3 rings (SSSR count). The van der Waals surface area contributed by atoms with Crippen LogP contribution >= 0.6 is 34.0 Å². The van der Waals surface area contributed by atoms with Crippen molar-refractivity contribution in [3.05, 3.63) is 46.5 Å². The monoisotopic (exact) mass is 362 g/mol. The lowest BCUT2D eigenvalue weighted by molar-refractivity contribution is 0.624. The normalized spacial score (nSPS) is 10.3. The predicted octanol–water partition coefficient (Wildman–Crippen LogP) is 8.57. The van der Waals surface area contributed by atoms with E-state index < -0.39 is 0 Å². The van der Waals surface area contributed by atoms with Crippen molar-refractivity contribution in [1.29, 1.82) is 0 Å². The smallest absolute Gasteiger partial charge is 0.0529 e. The molecule has 0 bridgehead atoms. The van der Waals surface area contributed by atoms with E-state index in [-0.39, 0.29) is 0 Å². The van der Waals surface area contributed by atoms with Gasteiger partial charge < -0.3 is 0 Å². The molecule has 0 N–H and O–H groups in total. The van der Waals surface area contributed by atoms with Gasteiger partial charge in [-0.25, -0.2) is 0 Å². The van der Waals surface area contributed by atoms with Gasteiger partial charge in [-0.3, -0.25) is 0 Å². The number of hydrogen-bond acceptors (Lipinski definition) is 3. The molecule has 23 heavy (non-hydrogen) atoms. The zero-order valence-corrected chi connectivity index (χ0v) is 16.5. The number of rotatable bonds is 7. The molecule has 3 heteroatoms. The Kier molecular flexibility index (Phi) is 8.66. The first kappa shape index (κ1) is 18.4. The molecule has 124 valence electrons. The first-order valence-electron chi connectivity index (χ1n) is 8.52. The van der Waals surface area contributed by atoms with Gasteiger partial charge in [0.1, 0.15) is 0 Å². The molecule has 0 saturated carbocycles. The van der Waals surface area contributed by atoms with Gasteiger partial charge in [-0.1, -0.05) is 64.5 Å². The minimum absolute atomic E-state index is 1.36. The second kappa shape index (κ2) is 10.8. The fourth-order valence-electron chi connectivity index (χ4n) is 2.39. The molecule has 3 aromatic rings. The molecule has 0 atom stereocenters. The number of thiophene rings is 3. The van der Waals surface area contributed by atoms with E-state index in [0.717, 1.165) is 0 Å². The molecule has 0 fully saturated rings. The highest BCUT2D eigenvalue weighted by atomic mass is 32.1. The molecule has 0 aliphatic carbocycles. The van der Waals surface area contributed by atoms with E-state index in [9.17, 15) is 0 Å². The summed E-state index contributed by atoms with van der Waals surface area (Å²) in [5.41, 5.74) is 1.37. The van der Waals surface area contributed by atoms with Gasteiger partial charge in [0, 0.05) is 15.3 Å². The van der Waals surface area contributed by atoms with Crippen molar-refractivity contribution < 1.29 is 0 Å². The van der Waals surface area contributed by atoms with E-state index in [1.54, 1.807) is 11.3 Å². The van der Waals surface area contributed by atoms with E-state index >= 15 is 0 Å². The number of unbranched alkanes of at least 4 members (excludes halogenated alkanes) is 5. The number of hydrogen-bond donors (Lipinski definition) is 0. The van der Waals surface area contributed by atoms with E-state index in [2.05, 4.69) is 60.3 Å². The average Bonchev–Trinajstić information content (AvgIpc) is 3.33. The van der Waals surface area contributed by atoms with Gasteiger partial charge in [-0.15, -0.1) is 34.0 Å². The van der Waals surface area contributed by atoms with Crippen molar-refractivity contribution in [2.75, 3.05) is 0 Å². The fraction of sp³-hybridized carbons (Fsp3) is 0.400. The van der Waals surface area contributed by atoms with E-state index in [1.165, 1.54) is 58.7 Å². The molecule has 0 unspecified atom stereocenters. The lowest BCUT2D eigenvalue weighted by atomic mass is 10.1. The minimum Gasteiger partial charge on any atom is -0.144 e. The second-order valence-electron chi connectivity index (χ2n) is 5.53. The van der Waals surface area contributed by atoms with E-state index in [4.69, 9.17) is 0 Å². The SMILES string of the molecule is CCCCCCCC.c1csc(-c2ccsc2-c2cccs2)c1. The van der Waals surface area contributed by atoms with Crippen LogP contribution in [0, 0.1) is 0 Å². The Morgan fingerprint density at radius 3 is 1.78 bits per heavy atom. The maximum atomic E-state index is 2.26. The van der Waals surface area contributed by atoms with Crippen LogP contribution in [-0.2, 0) is 0 Å². The van der Waals surface area contributed by atoms with Crippen LogP contribution < -0.4 is 0 Å². The van der Waals surface area contributed by atoms with Gasteiger partial charge in [0.15, 0.2) is 0 Å². The third kappa shape index (κ3) is 5.91. The first-order chi connectivity index (χ1) is 11.4. The molecule has 0 aliphatic rings. The zero-order chi connectivity index (χ0) is 16.3. The van der Waals surface area contributed by atoms with Crippen LogP contribution in [0.5, 0.6) is 0 Å². The van der Waals surface area contributed by atoms with Crippen LogP contribution in [0.3, 0.4) is 0 Å². The van der Waals surface area contributed by atoms with Crippen LogP contribution in [-0.4, -0.2) is 0 Å². The van der Waals surface area contributed by atoms with Gasteiger partial charge in [0.2, 0.25) is 0 Å². The Balaban J connectivity index is 0.000000207. The van der Waals surface area contributed by atoms with Gasteiger partial charge in [-0.2, -0.15) is 0 Å². The highest BCUT2D eigenvalue weighted by Gasteiger charge is 2.09. The highest BCUT2D eigenvalue weighted by molar-refractivity contribution is 7.21. The molecule has 0 amide bonds. The van der Waals surface area contributed by atoms with Crippen molar-refractivity contribution in [1.82, 2.24) is 0 Å². The van der Waals surface area contributed by atoms with Crippen LogP contribution in [0.2, 0.25) is 0 Å². The van der Waals surface area contributed by atoms with Crippen molar-refractivity contribution in [2.24, 2.45) is 0 Å². The third-order valence-corrected chi connectivity index (χ3v) is 6.52. The first-order valence-corrected chi connectivity index (χ1v) is 11.2. The molecule has 0 aromatic carbocycles. The van der Waals surface area contributed by atoms with E-state index in [0.29, 0.717) is 0 Å². The summed E-state index contributed by atoms with van der Waals surface area (Å²) >= 11 is 5.43. The second-order valence-corrected chi connectivity index (χ2v) is 8.34. The van der Waals surface area contributed by atoms with Crippen molar-refractivity contribution in [2.45, 2.75) is 52.4 Å². The Bertz CT molecular complexity index is 563. The van der Waals surface area contributed by atoms with Gasteiger partial charge in [0.25, 0.3) is 0 Å². The molecule has 3 heterocycles. The molecule has 0 spiro atoms. The predicted molar refractivity (Wildman–Crippen MR) is 110 cm³/mol. The van der Waals surface area contributed by atoms with Gasteiger partial charge in [0.05, 0.1) is 4.88 Å². The minimum atomic E-state index is 1.36. The molecule has 0 radical (unpaired) electrons. The summed E-state index contributed by atoms with van der Waals surface area (Å²) in [5, 5.41) is 6.43. The van der Waals surface area contributed by atoms with Crippen molar-refractivity contribution in [3.63, 3.8) is 0 Å². The molecule has 0 saturated heterocycles. The van der Waals surface area contributed by atoms with Crippen LogP contribution in [0.1, 0.15) is 52.4 Å². The summed E-state index contributed by atoms with van der Waals surface area (Å²) in [5.74, 6) is 0. The summed E-state index contributed by atoms with van der Waals surface area (Å²) in [4.78, 5) is 4.13. The van der Waals surface area contributed by atoms with Crippen molar-refractivity contribution in [3.8, 4) is 20.2 Å². The molecule has 0 aliphatic heterocycles. The van der Waals surface area contributed by atoms with E-state index in [1.807, 2.05) is 22.7 Å². The maximum Gasteiger partial charge on any atom is 0.0529 e. The summed E-state index contributed by atoms with van der Waals surface area (Å²) in [7, 11) is 0. The maximum absolute atomic E-state index is 2.26. The molecule has 3 aromatic heterocycles. The highest BCUT2D eigenvalue weighted by Crippen LogP contribution is 2.40. The van der Waals surface area contributed by atoms with Crippen LogP contribution in [0.25, 0.3) is 20.2 Å². The topological polar surface area (TPSA) is 0 Å². The summed E-state index contributed by atoms with van der Waals surface area (Å²) < 4.78 is 0. The standard InChI is InChI=1S/C12H8S3.C8H18/c1-3-10(13-6-1)9-5-8-15-12(9)11-4-2-7-14-11;1-3-5-7-8-6-4-2/h1-8H;3-8H2,1-2H3. The summed E-state index contributed by atoms with van der Waals surface area (Å²) in [6.45, 7) is 4.51. The van der Waals surface area contributed by atoms with Gasteiger partial charge in [-0.05, 0) is 34.3 Å². The zero-order valence-electron chi connectivity index (χ0n) is 14.1. The summed E-state index contributed by atoms with van der Waals surface area (Å²) in [6.07, 6.45) is 8.49. The molecular formula is C20H26S3. The van der Waals surface area contributed by atoms with Gasteiger partial charge >= 0.3 is 0 Å². The Hall–Kier alpha value is -0.900. The van der Waals surface area contributed by atoms with Crippen LogP contribution in [0.4, 0.5) is 0 Å². The molecule has 0 nitrogen and oxygen atoms in total. The molecular weight excluding hydrogens is 336 g/mol. The fourth-order valence-corrected chi connectivity index (χ4v) is 5.01.